The van der Waals surface area contributed by atoms with Gasteiger partial charge >= 0.3 is 7.12 Å². The quantitative estimate of drug-likeness (QED) is 0.402. The lowest BCUT2D eigenvalue weighted by Crippen LogP contribution is -2.18. The minimum atomic E-state index is -1.55. The van der Waals surface area contributed by atoms with Crippen molar-refractivity contribution in [1.82, 2.24) is 0 Å². The summed E-state index contributed by atoms with van der Waals surface area (Å²) in [7, 11) is -1.55. The number of hydrogen-bond acceptors (Lipinski definition) is 4. The maximum Gasteiger partial charge on any atom is 0.488 e. The van der Waals surface area contributed by atoms with E-state index in [0.29, 0.717) is 5.47 Å². The highest BCUT2D eigenvalue weighted by Crippen LogP contribution is 2.24. The van der Waals surface area contributed by atoms with Gasteiger partial charge < -0.3 is 14.9 Å². The fraction of sp³-hybridized carbons (Fsp3) is 0.217. The summed E-state index contributed by atoms with van der Waals surface area (Å²) in [6, 6.07) is 9.89. The van der Waals surface area contributed by atoms with E-state index in [9.17, 15) is 10.0 Å². The third-order valence-electron chi connectivity index (χ3n) is 3.50. The smallest absolute Gasteiger partial charge is 0.423 e. The van der Waals surface area contributed by atoms with Crippen LogP contribution in [0, 0.1) is 0 Å². The summed E-state index contributed by atoms with van der Waals surface area (Å²) in [6.45, 7) is 13.7. The molecule has 0 aliphatic heterocycles. The van der Waals surface area contributed by atoms with Crippen molar-refractivity contribution >= 4 is 24.6 Å². The van der Waals surface area contributed by atoms with Crippen molar-refractivity contribution in [2.75, 3.05) is 16.9 Å². The first-order chi connectivity index (χ1) is 13.5. The second kappa shape index (κ2) is 15.8. The molecule has 0 radical (unpaired) electrons. The Hall–Kier alpha value is -2.21. The standard InChI is InChI=1S/C21H26BNO2S.C2H6/c1-5-20(22(24)25)16-15-19(3)23(21-13-9-6-10-14-21)18(2)12-8-7-11-17-26-4;1-2/h5-16,24-25H,1-2,17H2,3-4H3;1-2H3/b11-7-,12-8-,19-15+,20-16+;. The second-order valence-electron chi connectivity index (χ2n) is 5.46. The van der Waals surface area contributed by atoms with Crippen LogP contribution >= 0.6 is 11.8 Å². The first kappa shape index (κ1) is 25.8. The number of rotatable bonds is 10. The third-order valence-corrected chi connectivity index (χ3v) is 4.03. The first-order valence-electron chi connectivity index (χ1n) is 9.24. The Morgan fingerprint density at radius 2 is 1.79 bits per heavy atom. The highest BCUT2D eigenvalue weighted by molar-refractivity contribution is 7.98. The third kappa shape index (κ3) is 9.65. The molecule has 0 aliphatic carbocycles. The summed E-state index contributed by atoms with van der Waals surface area (Å²) < 4.78 is 0. The minimum absolute atomic E-state index is 0.332. The van der Waals surface area contributed by atoms with E-state index in [0.717, 1.165) is 22.8 Å². The van der Waals surface area contributed by atoms with Crippen molar-refractivity contribution in [2.24, 2.45) is 0 Å². The molecule has 2 N–H and O–H groups in total. The fourth-order valence-corrected chi connectivity index (χ4v) is 2.50. The van der Waals surface area contributed by atoms with Crippen LogP contribution < -0.4 is 4.90 Å². The van der Waals surface area contributed by atoms with Crippen LogP contribution in [0.3, 0.4) is 0 Å². The zero-order valence-electron chi connectivity index (χ0n) is 17.4. The average molecular weight is 397 g/mol. The highest BCUT2D eigenvalue weighted by Gasteiger charge is 2.12. The lowest BCUT2D eigenvalue weighted by Gasteiger charge is -2.26. The Balaban J connectivity index is 0.00000352. The molecular formula is C23H32BNO2S. The molecule has 0 saturated heterocycles. The van der Waals surface area contributed by atoms with Gasteiger partial charge in [-0.05, 0) is 42.9 Å². The summed E-state index contributed by atoms with van der Waals surface area (Å²) in [6.07, 6.45) is 14.9. The monoisotopic (exact) mass is 397 g/mol. The minimum Gasteiger partial charge on any atom is -0.423 e. The van der Waals surface area contributed by atoms with Crippen LogP contribution in [0.4, 0.5) is 5.69 Å². The Morgan fingerprint density at radius 1 is 1.14 bits per heavy atom. The largest absolute Gasteiger partial charge is 0.488 e. The zero-order valence-corrected chi connectivity index (χ0v) is 18.2. The normalized spacial score (nSPS) is 11.9. The molecule has 28 heavy (non-hydrogen) atoms. The van der Waals surface area contributed by atoms with E-state index in [2.05, 4.69) is 25.5 Å². The summed E-state index contributed by atoms with van der Waals surface area (Å²) in [5.74, 6) is 0.969. The molecule has 1 aromatic carbocycles. The van der Waals surface area contributed by atoms with Crippen molar-refractivity contribution in [3.63, 3.8) is 0 Å². The van der Waals surface area contributed by atoms with Crippen LogP contribution in [0.25, 0.3) is 0 Å². The Labute approximate surface area is 175 Å². The summed E-state index contributed by atoms with van der Waals surface area (Å²) in [5.41, 5.74) is 3.00. The van der Waals surface area contributed by atoms with Gasteiger partial charge in [0.15, 0.2) is 0 Å². The van der Waals surface area contributed by atoms with Gasteiger partial charge in [-0.2, -0.15) is 11.8 Å². The number of allylic oxidation sites excluding steroid dienone is 8. The van der Waals surface area contributed by atoms with Gasteiger partial charge in [-0.1, -0.05) is 75.6 Å². The van der Waals surface area contributed by atoms with E-state index in [-0.39, 0.29) is 0 Å². The molecule has 1 rings (SSSR count). The van der Waals surface area contributed by atoms with Crippen LogP contribution in [0.1, 0.15) is 20.8 Å². The molecule has 0 atom stereocenters. The van der Waals surface area contributed by atoms with E-state index in [1.54, 1.807) is 17.8 Å². The predicted octanol–water partition coefficient (Wildman–Crippen LogP) is 5.54. The van der Waals surface area contributed by atoms with Gasteiger partial charge in [0, 0.05) is 22.8 Å². The molecule has 3 nitrogen and oxygen atoms in total. The van der Waals surface area contributed by atoms with E-state index < -0.39 is 7.12 Å². The molecule has 1 aromatic rings. The molecule has 5 heteroatoms. The maximum atomic E-state index is 9.31. The number of anilines is 1. The van der Waals surface area contributed by atoms with E-state index in [1.807, 2.05) is 80.3 Å². The summed E-state index contributed by atoms with van der Waals surface area (Å²) in [5, 5.41) is 18.6. The molecule has 0 spiro atoms. The van der Waals surface area contributed by atoms with Crippen LogP contribution in [-0.4, -0.2) is 29.2 Å². The second-order valence-corrected chi connectivity index (χ2v) is 6.37. The van der Waals surface area contributed by atoms with E-state index in [1.165, 1.54) is 6.08 Å². The molecule has 0 saturated carbocycles. The fourth-order valence-electron chi connectivity index (χ4n) is 2.20. The molecule has 0 fully saturated rings. The van der Waals surface area contributed by atoms with Crippen molar-refractivity contribution < 1.29 is 10.0 Å². The number of nitrogens with zero attached hydrogens (tertiary/aromatic N) is 1. The van der Waals surface area contributed by atoms with Gasteiger partial charge in [-0.3, -0.25) is 0 Å². The highest BCUT2D eigenvalue weighted by atomic mass is 32.2. The Morgan fingerprint density at radius 3 is 2.32 bits per heavy atom. The van der Waals surface area contributed by atoms with Crippen molar-refractivity contribution in [1.29, 1.82) is 0 Å². The molecule has 0 amide bonds. The van der Waals surface area contributed by atoms with Crippen LogP contribution in [0.15, 0.2) is 103 Å². The van der Waals surface area contributed by atoms with E-state index in [4.69, 9.17) is 0 Å². The molecule has 0 bridgehead atoms. The van der Waals surface area contributed by atoms with Crippen molar-refractivity contribution in [3.05, 3.63) is 103 Å². The summed E-state index contributed by atoms with van der Waals surface area (Å²) in [4.78, 5) is 2.00. The lowest BCUT2D eigenvalue weighted by molar-refractivity contribution is 0.420. The van der Waals surface area contributed by atoms with Crippen LogP contribution in [0.5, 0.6) is 0 Å². The first-order valence-corrected chi connectivity index (χ1v) is 10.6. The predicted molar refractivity (Wildman–Crippen MR) is 128 cm³/mol. The molecule has 0 aliphatic rings. The Kier molecular flexibility index (Phi) is 14.6. The molecule has 0 unspecified atom stereocenters. The van der Waals surface area contributed by atoms with Crippen LogP contribution in [-0.2, 0) is 0 Å². The molecule has 0 aromatic heterocycles. The number of thioether (sulfide) groups is 1. The number of hydrogen-bond donors (Lipinski definition) is 2. The van der Waals surface area contributed by atoms with E-state index >= 15 is 0 Å². The SMILES string of the molecule is C=C/C(=C\C=C(/C)N(C(=C)/C=C\C=C/CSC)c1ccccc1)B(O)O.CC. The topological polar surface area (TPSA) is 43.7 Å². The molecule has 150 valence electrons. The Bertz CT molecular complexity index is 707. The number of para-hydroxylation sites is 1. The van der Waals surface area contributed by atoms with Gasteiger partial charge in [-0.15, -0.1) is 0 Å². The molecular weight excluding hydrogens is 365 g/mol. The zero-order chi connectivity index (χ0) is 21.4. The number of benzene rings is 1. The maximum absolute atomic E-state index is 9.31. The van der Waals surface area contributed by atoms with Crippen LogP contribution in [0.2, 0.25) is 0 Å². The van der Waals surface area contributed by atoms with Crippen molar-refractivity contribution in [2.45, 2.75) is 20.8 Å². The average Bonchev–Trinajstić information content (AvgIpc) is 2.70. The van der Waals surface area contributed by atoms with Gasteiger partial charge in [0.2, 0.25) is 0 Å². The van der Waals surface area contributed by atoms with Crippen molar-refractivity contribution in [3.8, 4) is 0 Å². The van der Waals surface area contributed by atoms with Gasteiger partial charge in [0.05, 0.1) is 0 Å². The molecule has 0 heterocycles. The van der Waals surface area contributed by atoms with Gasteiger partial charge in [-0.25, -0.2) is 0 Å². The van der Waals surface area contributed by atoms with Gasteiger partial charge in [0.1, 0.15) is 0 Å². The lowest BCUT2D eigenvalue weighted by atomic mass is 9.79. The summed E-state index contributed by atoms with van der Waals surface area (Å²) >= 11 is 1.76. The van der Waals surface area contributed by atoms with Gasteiger partial charge in [0.25, 0.3) is 0 Å².